The molecule has 1 atom stereocenters. The van der Waals surface area contributed by atoms with E-state index in [1.807, 2.05) is 18.2 Å². The quantitative estimate of drug-likeness (QED) is 0.848. The van der Waals surface area contributed by atoms with Crippen molar-refractivity contribution in [1.29, 1.82) is 0 Å². The first-order valence-corrected chi connectivity index (χ1v) is 8.53. The molecule has 0 saturated heterocycles. The maximum Gasteiger partial charge on any atom is 0.330 e. The van der Waals surface area contributed by atoms with Gasteiger partial charge in [-0.15, -0.1) is 0 Å². The van der Waals surface area contributed by atoms with E-state index in [4.69, 9.17) is 0 Å². The van der Waals surface area contributed by atoms with Gasteiger partial charge < -0.3 is 9.88 Å². The Morgan fingerprint density at radius 3 is 2.25 bits per heavy atom. The molecule has 24 heavy (non-hydrogen) atoms. The molecule has 0 radical (unpaired) electrons. The standard InChI is InChI=1S/C19H27N3O2/c1-5-14(6-2)17(15-10-8-7-9-11-15)20-12-16-13-21(3)19(24)22(4)18(16)23/h7-11,13-14,17,20H,5-6,12H2,1-4H3. The first-order valence-electron chi connectivity index (χ1n) is 8.53. The van der Waals surface area contributed by atoms with E-state index in [2.05, 4.69) is 31.3 Å². The van der Waals surface area contributed by atoms with E-state index in [0.717, 1.165) is 17.4 Å². The summed E-state index contributed by atoms with van der Waals surface area (Å²) >= 11 is 0. The molecule has 0 aliphatic carbocycles. The van der Waals surface area contributed by atoms with Crippen LogP contribution >= 0.6 is 0 Å². The van der Waals surface area contributed by atoms with Gasteiger partial charge in [0.2, 0.25) is 0 Å². The Morgan fingerprint density at radius 2 is 1.67 bits per heavy atom. The number of aryl methyl sites for hydroxylation is 1. The Hall–Kier alpha value is -2.14. The normalized spacial score (nSPS) is 12.5. The van der Waals surface area contributed by atoms with Gasteiger partial charge in [0.25, 0.3) is 5.56 Å². The van der Waals surface area contributed by atoms with Crippen molar-refractivity contribution in [2.24, 2.45) is 20.0 Å². The lowest BCUT2D eigenvalue weighted by atomic mass is 9.88. The van der Waals surface area contributed by atoms with Crippen LogP contribution in [0.25, 0.3) is 0 Å². The Labute approximate surface area is 143 Å². The van der Waals surface area contributed by atoms with Crippen LogP contribution in [0.4, 0.5) is 0 Å². The Morgan fingerprint density at radius 1 is 1.04 bits per heavy atom. The summed E-state index contributed by atoms with van der Waals surface area (Å²) < 4.78 is 2.61. The van der Waals surface area contributed by atoms with E-state index in [-0.39, 0.29) is 17.3 Å². The molecule has 5 nitrogen and oxygen atoms in total. The van der Waals surface area contributed by atoms with Gasteiger partial charge >= 0.3 is 5.69 Å². The minimum atomic E-state index is -0.302. The molecule has 0 amide bonds. The zero-order chi connectivity index (χ0) is 17.7. The average Bonchev–Trinajstić information content (AvgIpc) is 2.61. The van der Waals surface area contributed by atoms with Crippen molar-refractivity contribution in [2.75, 3.05) is 0 Å². The number of benzene rings is 1. The molecule has 130 valence electrons. The van der Waals surface area contributed by atoms with Crippen LogP contribution in [0.5, 0.6) is 0 Å². The van der Waals surface area contributed by atoms with Crippen LogP contribution in [-0.4, -0.2) is 9.13 Å². The molecular formula is C19H27N3O2. The Kier molecular flexibility index (Phi) is 6.15. The molecule has 5 heteroatoms. The lowest BCUT2D eigenvalue weighted by Crippen LogP contribution is -2.40. The predicted molar refractivity (Wildman–Crippen MR) is 97.0 cm³/mol. The van der Waals surface area contributed by atoms with Gasteiger partial charge in [-0.05, 0) is 11.5 Å². The van der Waals surface area contributed by atoms with E-state index in [1.54, 1.807) is 13.2 Å². The molecule has 2 aromatic rings. The molecule has 1 aromatic carbocycles. The van der Waals surface area contributed by atoms with E-state index >= 15 is 0 Å². The molecule has 0 bridgehead atoms. The number of rotatable bonds is 7. The van der Waals surface area contributed by atoms with Gasteiger partial charge in [-0.1, -0.05) is 57.0 Å². The highest BCUT2D eigenvalue weighted by Gasteiger charge is 2.20. The van der Waals surface area contributed by atoms with Crippen molar-refractivity contribution in [1.82, 2.24) is 14.5 Å². The summed E-state index contributed by atoms with van der Waals surface area (Å²) in [6.07, 6.45) is 3.76. The molecular weight excluding hydrogens is 302 g/mol. The molecule has 1 N–H and O–H groups in total. The van der Waals surface area contributed by atoms with Crippen molar-refractivity contribution in [2.45, 2.75) is 39.3 Å². The fourth-order valence-electron chi connectivity index (χ4n) is 3.20. The molecule has 1 unspecified atom stereocenters. The van der Waals surface area contributed by atoms with Gasteiger partial charge in [0.1, 0.15) is 0 Å². The topological polar surface area (TPSA) is 56.0 Å². The summed E-state index contributed by atoms with van der Waals surface area (Å²) in [5.41, 5.74) is 1.30. The van der Waals surface area contributed by atoms with E-state index in [9.17, 15) is 9.59 Å². The van der Waals surface area contributed by atoms with Crippen LogP contribution in [0, 0.1) is 5.92 Å². The van der Waals surface area contributed by atoms with Crippen molar-refractivity contribution in [3.63, 3.8) is 0 Å². The largest absolute Gasteiger partial charge is 0.330 e. The molecule has 0 saturated carbocycles. The Balaban J connectivity index is 2.29. The van der Waals surface area contributed by atoms with Crippen molar-refractivity contribution >= 4 is 0 Å². The van der Waals surface area contributed by atoms with Gasteiger partial charge in [0, 0.05) is 38.4 Å². The van der Waals surface area contributed by atoms with Crippen molar-refractivity contribution in [3.05, 3.63) is 68.5 Å². The van der Waals surface area contributed by atoms with Gasteiger partial charge in [-0.25, -0.2) is 4.79 Å². The van der Waals surface area contributed by atoms with E-state index in [0.29, 0.717) is 18.0 Å². The van der Waals surface area contributed by atoms with E-state index in [1.165, 1.54) is 17.2 Å². The lowest BCUT2D eigenvalue weighted by Gasteiger charge is -2.27. The van der Waals surface area contributed by atoms with Crippen LogP contribution in [0.15, 0.2) is 46.1 Å². The maximum absolute atomic E-state index is 12.3. The van der Waals surface area contributed by atoms with Crippen LogP contribution in [0.2, 0.25) is 0 Å². The number of hydrogen-bond donors (Lipinski definition) is 1. The van der Waals surface area contributed by atoms with Crippen LogP contribution < -0.4 is 16.6 Å². The molecule has 1 heterocycles. The average molecular weight is 329 g/mol. The predicted octanol–water partition coefficient (Wildman–Crippen LogP) is 2.35. The number of nitrogens with one attached hydrogen (secondary N) is 1. The van der Waals surface area contributed by atoms with Crippen LogP contribution in [0.1, 0.15) is 43.9 Å². The maximum atomic E-state index is 12.3. The van der Waals surface area contributed by atoms with Gasteiger partial charge in [0.05, 0.1) is 0 Å². The lowest BCUT2D eigenvalue weighted by molar-refractivity contribution is 0.338. The fourth-order valence-corrected chi connectivity index (χ4v) is 3.20. The zero-order valence-corrected chi connectivity index (χ0v) is 15.0. The third kappa shape index (κ3) is 3.85. The minimum Gasteiger partial charge on any atom is -0.305 e. The molecule has 1 aromatic heterocycles. The molecule has 2 rings (SSSR count). The smallest absolute Gasteiger partial charge is 0.305 e. The van der Waals surface area contributed by atoms with Gasteiger partial charge in [-0.2, -0.15) is 0 Å². The summed E-state index contributed by atoms with van der Waals surface area (Å²) in [5.74, 6) is 0.490. The monoisotopic (exact) mass is 329 g/mol. The molecule has 0 fully saturated rings. The summed E-state index contributed by atoms with van der Waals surface area (Å²) in [7, 11) is 3.19. The van der Waals surface area contributed by atoms with Gasteiger partial charge in [-0.3, -0.25) is 9.36 Å². The highest BCUT2D eigenvalue weighted by atomic mass is 16.2. The second-order valence-corrected chi connectivity index (χ2v) is 6.26. The van der Waals surface area contributed by atoms with Crippen molar-refractivity contribution < 1.29 is 0 Å². The third-order valence-corrected chi connectivity index (χ3v) is 4.71. The minimum absolute atomic E-state index is 0.183. The zero-order valence-electron chi connectivity index (χ0n) is 15.0. The first kappa shape index (κ1) is 18.2. The molecule has 0 aliphatic heterocycles. The number of nitrogens with zero attached hydrogens (tertiary/aromatic N) is 2. The second-order valence-electron chi connectivity index (χ2n) is 6.26. The van der Waals surface area contributed by atoms with Crippen molar-refractivity contribution in [3.8, 4) is 0 Å². The van der Waals surface area contributed by atoms with Crippen LogP contribution in [-0.2, 0) is 20.6 Å². The highest BCUT2D eigenvalue weighted by Crippen LogP contribution is 2.27. The second kappa shape index (κ2) is 8.11. The summed E-state index contributed by atoms with van der Waals surface area (Å²) in [6, 6.07) is 10.5. The first-order chi connectivity index (χ1) is 11.5. The Bertz CT molecular complexity index is 773. The fraction of sp³-hybridized carbons (Fsp3) is 0.474. The number of hydrogen-bond acceptors (Lipinski definition) is 3. The SMILES string of the molecule is CCC(CC)C(NCc1cn(C)c(=O)n(C)c1=O)c1ccccc1. The highest BCUT2D eigenvalue weighted by molar-refractivity contribution is 5.20. The molecule has 0 aliphatic rings. The summed E-state index contributed by atoms with van der Waals surface area (Å²) in [4.78, 5) is 24.1. The summed E-state index contributed by atoms with van der Waals surface area (Å²) in [6.45, 7) is 4.82. The third-order valence-electron chi connectivity index (χ3n) is 4.71. The van der Waals surface area contributed by atoms with E-state index < -0.39 is 0 Å². The van der Waals surface area contributed by atoms with Crippen LogP contribution in [0.3, 0.4) is 0 Å². The number of aromatic nitrogens is 2. The summed E-state index contributed by atoms with van der Waals surface area (Å²) in [5, 5.41) is 3.54. The molecule has 0 spiro atoms. The van der Waals surface area contributed by atoms with Gasteiger partial charge in [0.15, 0.2) is 0 Å².